The number of para-hydroxylation sites is 1. The molecule has 3 aromatic carbocycles. The minimum atomic E-state index is 0.481. The highest BCUT2D eigenvalue weighted by atomic mass is 16.5. The summed E-state index contributed by atoms with van der Waals surface area (Å²) in [5.41, 5.74) is 3.69. The third-order valence-electron chi connectivity index (χ3n) is 3.76. The van der Waals surface area contributed by atoms with Gasteiger partial charge in [-0.05, 0) is 60.7 Å². The van der Waals surface area contributed by atoms with Crippen LogP contribution in [0, 0.1) is 0 Å². The third kappa shape index (κ3) is 3.96. The maximum absolute atomic E-state index is 10.9. The van der Waals surface area contributed by atoms with Gasteiger partial charge >= 0.3 is 0 Å². The van der Waals surface area contributed by atoms with Crippen LogP contribution in [0.5, 0.6) is 5.75 Å². The van der Waals surface area contributed by atoms with E-state index in [0.717, 1.165) is 29.1 Å². The first kappa shape index (κ1) is 16.5. The Hall–Kier alpha value is -3.33. The van der Waals surface area contributed by atoms with Gasteiger partial charge in [0, 0.05) is 22.6 Å². The maximum Gasteiger partial charge on any atom is 0.150 e. The molecule has 0 unspecified atom stereocenters. The van der Waals surface area contributed by atoms with Crippen molar-refractivity contribution in [1.29, 1.82) is 0 Å². The van der Waals surface area contributed by atoms with Gasteiger partial charge in [0.25, 0.3) is 0 Å². The highest BCUT2D eigenvalue weighted by Gasteiger charge is 2.12. The second-order valence-electron chi connectivity index (χ2n) is 5.47. The highest BCUT2D eigenvalue weighted by Crippen LogP contribution is 2.35. The average Bonchev–Trinajstić information content (AvgIpc) is 2.69. The number of rotatable bonds is 7. The number of nitrogens with zero attached hydrogens (tertiary/aromatic N) is 1. The fourth-order valence-electron chi connectivity index (χ4n) is 2.57. The lowest BCUT2D eigenvalue weighted by Crippen LogP contribution is -2.09. The molecule has 3 rings (SSSR count). The van der Waals surface area contributed by atoms with Gasteiger partial charge < -0.3 is 9.64 Å². The number of carbonyl (C=O) groups excluding carboxylic acids is 1. The van der Waals surface area contributed by atoms with Crippen LogP contribution in [0.15, 0.2) is 91.5 Å². The summed E-state index contributed by atoms with van der Waals surface area (Å²) in [6.45, 7) is 4.14. The lowest BCUT2D eigenvalue weighted by Gasteiger charge is -2.25. The number of anilines is 3. The summed E-state index contributed by atoms with van der Waals surface area (Å²) in [6.07, 6.45) is 2.57. The van der Waals surface area contributed by atoms with Crippen molar-refractivity contribution >= 4 is 23.3 Å². The predicted molar refractivity (Wildman–Crippen MR) is 102 cm³/mol. The zero-order valence-electron chi connectivity index (χ0n) is 13.8. The van der Waals surface area contributed by atoms with Gasteiger partial charge in [0.05, 0.1) is 0 Å². The highest BCUT2D eigenvalue weighted by molar-refractivity contribution is 5.80. The van der Waals surface area contributed by atoms with E-state index in [0.29, 0.717) is 12.2 Å². The first-order valence-electron chi connectivity index (χ1n) is 8.06. The summed E-state index contributed by atoms with van der Waals surface area (Å²) in [5, 5.41) is 0. The Morgan fingerprint density at radius 2 is 1.36 bits per heavy atom. The normalized spacial score (nSPS) is 10.1. The molecule has 0 amide bonds. The van der Waals surface area contributed by atoms with E-state index < -0.39 is 0 Å². The van der Waals surface area contributed by atoms with Crippen molar-refractivity contribution < 1.29 is 9.53 Å². The standard InChI is InChI=1S/C22H19NO2/c1-2-16-25-22-14-12-21(13-15-22)23(19-6-4-3-5-7-19)20-10-8-18(17-24)9-11-20/h2-15,17H,1,16H2. The van der Waals surface area contributed by atoms with Crippen LogP contribution >= 0.6 is 0 Å². The molecule has 124 valence electrons. The molecule has 0 saturated carbocycles. The van der Waals surface area contributed by atoms with Gasteiger partial charge in [-0.2, -0.15) is 0 Å². The molecule has 0 aromatic heterocycles. The van der Waals surface area contributed by atoms with Crippen LogP contribution < -0.4 is 9.64 Å². The molecule has 0 radical (unpaired) electrons. The van der Waals surface area contributed by atoms with Crippen LogP contribution in [0.2, 0.25) is 0 Å². The number of ether oxygens (including phenoxy) is 1. The Bertz CT molecular complexity index is 824. The molecule has 25 heavy (non-hydrogen) atoms. The number of benzene rings is 3. The fourth-order valence-corrected chi connectivity index (χ4v) is 2.57. The van der Waals surface area contributed by atoms with Gasteiger partial charge in [0.15, 0.2) is 0 Å². The van der Waals surface area contributed by atoms with Crippen LogP contribution in [0.3, 0.4) is 0 Å². The Morgan fingerprint density at radius 1 is 0.800 bits per heavy atom. The molecular formula is C22H19NO2. The van der Waals surface area contributed by atoms with Crippen molar-refractivity contribution in [1.82, 2.24) is 0 Å². The van der Waals surface area contributed by atoms with Gasteiger partial charge in [-0.1, -0.05) is 30.9 Å². The Morgan fingerprint density at radius 3 is 1.92 bits per heavy atom. The monoisotopic (exact) mass is 329 g/mol. The van der Waals surface area contributed by atoms with Crippen LogP contribution in [-0.2, 0) is 0 Å². The first-order chi connectivity index (χ1) is 12.3. The zero-order chi connectivity index (χ0) is 17.5. The molecule has 0 N–H and O–H groups in total. The Labute approximate surface area is 147 Å². The second-order valence-corrected chi connectivity index (χ2v) is 5.47. The minimum absolute atomic E-state index is 0.481. The van der Waals surface area contributed by atoms with Gasteiger partial charge in [0.1, 0.15) is 18.6 Å². The average molecular weight is 329 g/mol. The van der Waals surface area contributed by atoms with Crippen LogP contribution in [0.1, 0.15) is 10.4 Å². The van der Waals surface area contributed by atoms with Crippen molar-refractivity contribution in [2.75, 3.05) is 11.5 Å². The largest absolute Gasteiger partial charge is 0.490 e. The van der Waals surface area contributed by atoms with Crippen LogP contribution in [0.25, 0.3) is 0 Å². The van der Waals surface area contributed by atoms with E-state index in [1.54, 1.807) is 6.08 Å². The van der Waals surface area contributed by atoms with Gasteiger partial charge in [-0.3, -0.25) is 4.79 Å². The summed E-state index contributed by atoms with van der Waals surface area (Å²) >= 11 is 0. The third-order valence-corrected chi connectivity index (χ3v) is 3.76. The maximum atomic E-state index is 10.9. The molecule has 3 nitrogen and oxygen atoms in total. The first-order valence-corrected chi connectivity index (χ1v) is 8.06. The molecule has 0 fully saturated rings. The number of carbonyl (C=O) groups is 1. The fraction of sp³-hybridized carbons (Fsp3) is 0.0455. The van der Waals surface area contributed by atoms with E-state index in [-0.39, 0.29) is 0 Å². The van der Waals surface area contributed by atoms with E-state index in [1.165, 1.54) is 0 Å². The summed E-state index contributed by atoms with van der Waals surface area (Å²) in [7, 11) is 0. The van der Waals surface area contributed by atoms with Crippen LogP contribution in [0.4, 0.5) is 17.1 Å². The number of hydrogen-bond donors (Lipinski definition) is 0. The molecule has 0 aliphatic rings. The predicted octanol–water partition coefficient (Wildman–Crippen LogP) is 5.53. The Kier molecular flexibility index (Phi) is 5.27. The van der Waals surface area contributed by atoms with E-state index in [2.05, 4.69) is 23.6 Å². The van der Waals surface area contributed by atoms with E-state index >= 15 is 0 Å². The zero-order valence-corrected chi connectivity index (χ0v) is 13.8. The van der Waals surface area contributed by atoms with E-state index in [1.807, 2.05) is 66.7 Å². The molecule has 0 aliphatic carbocycles. The van der Waals surface area contributed by atoms with Crippen LogP contribution in [-0.4, -0.2) is 12.9 Å². The van der Waals surface area contributed by atoms with E-state index in [9.17, 15) is 4.79 Å². The lowest BCUT2D eigenvalue weighted by molar-refractivity contribution is 0.112. The molecule has 3 aromatic rings. The smallest absolute Gasteiger partial charge is 0.150 e. The molecule has 0 saturated heterocycles. The minimum Gasteiger partial charge on any atom is -0.490 e. The van der Waals surface area contributed by atoms with Gasteiger partial charge in [-0.25, -0.2) is 0 Å². The van der Waals surface area contributed by atoms with Gasteiger partial charge in [-0.15, -0.1) is 0 Å². The van der Waals surface area contributed by atoms with Crippen molar-refractivity contribution in [2.45, 2.75) is 0 Å². The van der Waals surface area contributed by atoms with Crippen molar-refractivity contribution in [3.8, 4) is 5.75 Å². The number of hydrogen-bond acceptors (Lipinski definition) is 3. The lowest BCUT2D eigenvalue weighted by atomic mass is 10.1. The number of aldehydes is 1. The summed E-state index contributed by atoms with van der Waals surface area (Å²) in [5.74, 6) is 0.799. The molecule has 0 heterocycles. The second kappa shape index (κ2) is 7.97. The quantitative estimate of drug-likeness (QED) is 0.421. The SMILES string of the molecule is C=CCOc1ccc(N(c2ccccc2)c2ccc(C=O)cc2)cc1. The molecular weight excluding hydrogens is 310 g/mol. The van der Waals surface area contributed by atoms with Gasteiger partial charge in [0.2, 0.25) is 0 Å². The Balaban J connectivity index is 1.98. The topological polar surface area (TPSA) is 29.5 Å². The molecule has 0 aliphatic heterocycles. The summed E-state index contributed by atoms with van der Waals surface area (Å²) in [4.78, 5) is 13.0. The van der Waals surface area contributed by atoms with E-state index in [4.69, 9.17) is 4.74 Å². The molecule has 0 bridgehead atoms. The van der Waals surface area contributed by atoms with Crippen molar-refractivity contribution in [3.05, 3.63) is 97.1 Å². The van der Waals surface area contributed by atoms with Crippen molar-refractivity contribution in [2.24, 2.45) is 0 Å². The summed E-state index contributed by atoms with van der Waals surface area (Å²) in [6, 6.07) is 25.5. The summed E-state index contributed by atoms with van der Waals surface area (Å²) < 4.78 is 5.56. The van der Waals surface area contributed by atoms with Crippen molar-refractivity contribution in [3.63, 3.8) is 0 Å². The molecule has 0 spiro atoms. The molecule has 0 atom stereocenters. The molecule has 3 heteroatoms.